The molecule has 0 spiro atoms. The molecule has 15 heavy (non-hydrogen) atoms. The molecular formula is C13H16O2. The van der Waals surface area contributed by atoms with E-state index in [1.807, 2.05) is 30.3 Å². The zero-order valence-electron chi connectivity index (χ0n) is 9.36. The van der Waals surface area contributed by atoms with Crippen LogP contribution >= 0.6 is 0 Å². The highest BCUT2D eigenvalue weighted by molar-refractivity contribution is 5.99. The van der Waals surface area contributed by atoms with E-state index in [2.05, 4.69) is 0 Å². The first-order valence-electron chi connectivity index (χ1n) is 4.89. The van der Waals surface area contributed by atoms with E-state index < -0.39 is 5.60 Å². The van der Waals surface area contributed by atoms with Gasteiger partial charge in [-0.2, -0.15) is 0 Å². The van der Waals surface area contributed by atoms with E-state index in [0.717, 1.165) is 5.56 Å². The third-order valence-corrected chi connectivity index (χ3v) is 2.33. The summed E-state index contributed by atoms with van der Waals surface area (Å²) in [6.45, 7) is 3.51. The number of ether oxygens (including phenoxy) is 1. The van der Waals surface area contributed by atoms with Crippen LogP contribution in [0.3, 0.4) is 0 Å². The number of hydrogen-bond acceptors (Lipinski definition) is 2. The number of hydrogen-bond donors (Lipinski definition) is 0. The fraction of sp³-hybridized carbons (Fsp3) is 0.308. The number of carbonyl (C=O) groups excluding carboxylic acids is 1. The highest BCUT2D eigenvalue weighted by Crippen LogP contribution is 2.11. The Kier molecular flexibility index (Phi) is 3.81. The topological polar surface area (TPSA) is 26.3 Å². The standard InChI is InChI=1S/C13H16O2/c1-13(2,15-3)12(14)10-9-11-7-5-4-6-8-11/h4-10H,1-3H3/b10-9+. The van der Waals surface area contributed by atoms with Gasteiger partial charge in [-0.1, -0.05) is 36.4 Å². The first-order chi connectivity index (χ1) is 7.06. The summed E-state index contributed by atoms with van der Waals surface area (Å²) >= 11 is 0. The smallest absolute Gasteiger partial charge is 0.186 e. The van der Waals surface area contributed by atoms with Crippen LogP contribution in [0.25, 0.3) is 6.08 Å². The van der Waals surface area contributed by atoms with Gasteiger partial charge in [-0.3, -0.25) is 4.79 Å². The van der Waals surface area contributed by atoms with Gasteiger partial charge in [0.15, 0.2) is 5.78 Å². The van der Waals surface area contributed by atoms with Crippen molar-refractivity contribution in [3.63, 3.8) is 0 Å². The Morgan fingerprint density at radius 3 is 2.40 bits per heavy atom. The second-order valence-electron chi connectivity index (χ2n) is 3.82. The van der Waals surface area contributed by atoms with Crippen LogP contribution < -0.4 is 0 Å². The van der Waals surface area contributed by atoms with Crippen LogP contribution in [0.4, 0.5) is 0 Å². The molecule has 1 rings (SSSR count). The maximum atomic E-state index is 11.7. The molecule has 0 heterocycles. The molecular weight excluding hydrogens is 188 g/mol. The van der Waals surface area contributed by atoms with Crippen molar-refractivity contribution in [2.75, 3.05) is 7.11 Å². The molecule has 0 atom stereocenters. The molecule has 0 radical (unpaired) electrons. The van der Waals surface area contributed by atoms with Crippen LogP contribution in [0.5, 0.6) is 0 Å². The molecule has 0 aliphatic heterocycles. The van der Waals surface area contributed by atoms with Gasteiger partial charge in [0.25, 0.3) is 0 Å². The van der Waals surface area contributed by atoms with Gasteiger partial charge in [0.05, 0.1) is 0 Å². The summed E-state index contributed by atoms with van der Waals surface area (Å²) in [6.07, 6.45) is 3.35. The molecule has 0 aliphatic carbocycles. The van der Waals surface area contributed by atoms with E-state index in [1.54, 1.807) is 26.0 Å². The molecule has 0 amide bonds. The molecule has 1 aromatic carbocycles. The lowest BCUT2D eigenvalue weighted by molar-refractivity contribution is -0.131. The molecule has 2 nitrogen and oxygen atoms in total. The van der Waals surface area contributed by atoms with E-state index in [0.29, 0.717) is 0 Å². The Bertz CT molecular complexity index is 350. The summed E-state index contributed by atoms with van der Waals surface area (Å²) in [5.41, 5.74) is 0.267. The molecule has 0 aliphatic rings. The minimum Gasteiger partial charge on any atom is -0.371 e. The molecule has 0 aromatic heterocycles. The first kappa shape index (κ1) is 11.7. The van der Waals surface area contributed by atoms with Crippen LogP contribution in [0.1, 0.15) is 19.4 Å². The fourth-order valence-electron chi connectivity index (χ4n) is 1.04. The van der Waals surface area contributed by atoms with Crippen molar-refractivity contribution in [3.05, 3.63) is 42.0 Å². The molecule has 80 valence electrons. The average molecular weight is 204 g/mol. The molecule has 1 aromatic rings. The van der Waals surface area contributed by atoms with Gasteiger partial charge in [0.1, 0.15) is 5.60 Å². The SMILES string of the molecule is COC(C)(C)C(=O)/C=C/c1ccccc1. The predicted octanol–water partition coefficient (Wildman–Crippen LogP) is 2.69. The summed E-state index contributed by atoms with van der Waals surface area (Å²) < 4.78 is 5.09. The second-order valence-corrected chi connectivity index (χ2v) is 3.82. The fourth-order valence-corrected chi connectivity index (χ4v) is 1.04. The Morgan fingerprint density at radius 1 is 1.27 bits per heavy atom. The Balaban J connectivity index is 2.71. The zero-order chi connectivity index (χ0) is 11.3. The molecule has 0 saturated carbocycles. The highest BCUT2D eigenvalue weighted by Gasteiger charge is 2.23. The van der Waals surface area contributed by atoms with Crippen molar-refractivity contribution in [2.45, 2.75) is 19.4 Å². The number of ketones is 1. The summed E-state index contributed by atoms with van der Waals surface area (Å²) in [5.74, 6) is -0.0335. The molecule has 0 N–H and O–H groups in total. The van der Waals surface area contributed by atoms with Crippen molar-refractivity contribution in [2.24, 2.45) is 0 Å². The normalized spacial score (nSPS) is 11.9. The van der Waals surface area contributed by atoms with Gasteiger partial charge in [-0.15, -0.1) is 0 Å². The van der Waals surface area contributed by atoms with E-state index in [9.17, 15) is 4.79 Å². The van der Waals surface area contributed by atoms with Crippen LogP contribution in [0.15, 0.2) is 36.4 Å². The lowest BCUT2D eigenvalue weighted by atomic mass is 10.0. The minimum absolute atomic E-state index is 0.0335. The molecule has 2 heteroatoms. The number of rotatable bonds is 4. The number of carbonyl (C=O) groups is 1. The minimum atomic E-state index is -0.745. The Hall–Kier alpha value is -1.41. The van der Waals surface area contributed by atoms with Gasteiger partial charge in [-0.25, -0.2) is 0 Å². The van der Waals surface area contributed by atoms with Gasteiger partial charge in [0, 0.05) is 7.11 Å². The van der Waals surface area contributed by atoms with Crippen LogP contribution in [0, 0.1) is 0 Å². The van der Waals surface area contributed by atoms with Gasteiger partial charge in [-0.05, 0) is 25.5 Å². The summed E-state index contributed by atoms with van der Waals surface area (Å²) in [4.78, 5) is 11.7. The average Bonchev–Trinajstić information content (AvgIpc) is 2.27. The molecule has 0 fully saturated rings. The van der Waals surface area contributed by atoms with Gasteiger partial charge in [0.2, 0.25) is 0 Å². The Morgan fingerprint density at radius 2 is 1.87 bits per heavy atom. The van der Waals surface area contributed by atoms with Gasteiger partial charge >= 0.3 is 0 Å². The van der Waals surface area contributed by atoms with Gasteiger partial charge < -0.3 is 4.74 Å². The molecule has 0 saturated heterocycles. The number of benzene rings is 1. The quantitative estimate of drug-likeness (QED) is 0.705. The van der Waals surface area contributed by atoms with Crippen molar-refractivity contribution in [3.8, 4) is 0 Å². The maximum absolute atomic E-state index is 11.7. The lowest BCUT2D eigenvalue weighted by Crippen LogP contribution is -2.32. The highest BCUT2D eigenvalue weighted by atomic mass is 16.5. The van der Waals surface area contributed by atoms with Crippen molar-refractivity contribution >= 4 is 11.9 Å². The zero-order valence-corrected chi connectivity index (χ0v) is 9.36. The monoisotopic (exact) mass is 204 g/mol. The van der Waals surface area contributed by atoms with E-state index in [4.69, 9.17) is 4.74 Å². The Labute approximate surface area is 90.6 Å². The molecule has 0 bridgehead atoms. The van der Waals surface area contributed by atoms with Crippen molar-refractivity contribution in [1.82, 2.24) is 0 Å². The van der Waals surface area contributed by atoms with E-state index in [-0.39, 0.29) is 5.78 Å². The van der Waals surface area contributed by atoms with Crippen LogP contribution in [-0.2, 0) is 9.53 Å². The van der Waals surface area contributed by atoms with Crippen LogP contribution in [0.2, 0.25) is 0 Å². The third-order valence-electron chi connectivity index (χ3n) is 2.33. The van der Waals surface area contributed by atoms with E-state index in [1.165, 1.54) is 7.11 Å². The summed E-state index contributed by atoms with van der Waals surface area (Å²) in [6, 6.07) is 9.71. The molecule has 0 unspecified atom stereocenters. The maximum Gasteiger partial charge on any atom is 0.186 e. The predicted molar refractivity (Wildman–Crippen MR) is 61.6 cm³/mol. The van der Waals surface area contributed by atoms with Crippen molar-refractivity contribution < 1.29 is 9.53 Å². The lowest BCUT2D eigenvalue weighted by Gasteiger charge is -2.18. The first-order valence-corrected chi connectivity index (χ1v) is 4.89. The largest absolute Gasteiger partial charge is 0.371 e. The van der Waals surface area contributed by atoms with Crippen molar-refractivity contribution in [1.29, 1.82) is 0 Å². The number of methoxy groups -OCH3 is 1. The van der Waals surface area contributed by atoms with Crippen LogP contribution in [-0.4, -0.2) is 18.5 Å². The summed E-state index contributed by atoms with van der Waals surface area (Å²) in [7, 11) is 1.54. The second kappa shape index (κ2) is 4.89. The van der Waals surface area contributed by atoms with E-state index >= 15 is 0 Å². The summed E-state index contributed by atoms with van der Waals surface area (Å²) in [5, 5.41) is 0. The third kappa shape index (κ3) is 3.33.